The summed E-state index contributed by atoms with van der Waals surface area (Å²) in [6.45, 7) is 6.58. The molecule has 0 amide bonds. The Bertz CT molecular complexity index is 287. The second-order valence-electron chi connectivity index (χ2n) is 4.73. The molecule has 1 rings (SSSR count). The highest BCUT2D eigenvalue weighted by Crippen LogP contribution is 2.11. The molecule has 0 saturated heterocycles. The van der Waals surface area contributed by atoms with Gasteiger partial charge in [-0.25, -0.2) is 0 Å². The Hall–Kier alpha value is -0.643. The van der Waals surface area contributed by atoms with Gasteiger partial charge in [0.25, 0.3) is 0 Å². The number of hydrogen-bond acceptors (Lipinski definition) is 2. The fourth-order valence-corrected chi connectivity index (χ4v) is 2.80. The van der Waals surface area contributed by atoms with Crippen LogP contribution in [0, 0.1) is 0 Å². The van der Waals surface area contributed by atoms with Gasteiger partial charge in [0.2, 0.25) is 0 Å². The van der Waals surface area contributed by atoms with Crippen molar-refractivity contribution in [3.05, 3.63) is 35.9 Å². The highest BCUT2D eigenvalue weighted by Gasteiger charge is 2.18. The molecule has 0 bridgehead atoms. The molecule has 0 radical (unpaired) electrons. The quantitative estimate of drug-likeness (QED) is 0.581. The van der Waals surface area contributed by atoms with Crippen molar-refractivity contribution >= 4 is 8.32 Å². The third kappa shape index (κ3) is 5.44. The fourth-order valence-electron chi connectivity index (χ4n) is 1.57. The molecule has 1 aromatic carbocycles. The number of nitrogens with one attached hydrogen (secondary N) is 1. The molecular formula is C13H23NOSi. The molecule has 0 heterocycles. The van der Waals surface area contributed by atoms with Gasteiger partial charge in [-0.3, -0.25) is 0 Å². The molecule has 0 atom stereocenters. The van der Waals surface area contributed by atoms with E-state index in [-0.39, 0.29) is 0 Å². The number of rotatable bonds is 7. The molecule has 1 N–H and O–H groups in total. The molecule has 0 aliphatic carbocycles. The van der Waals surface area contributed by atoms with E-state index >= 15 is 0 Å². The molecule has 0 unspecified atom stereocenters. The summed E-state index contributed by atoms with van der Waals surface area (Å²) in [6.07, 6.45) is 1.21. The molecule has 0 spiro atoms. The van der Waals surface area contributed by atoms with Gasteiger partial charge in [-0.15, -0.1) is 0 Å². The maximum atomic E-state index is 5.51. The second-order valence-corrected chi connectivity index (χ2v) is 9.16. The number of benzene rings is 1. The lowest BCUT2D eigenvalue weighted by atomic mass is 10.2. The van der Waals surface area contributed by atoms with E-state index in [4.69, 9.17) is 4.43 Å². The zero-order valence-electron chi connectivity index (χ0n) is 10.6. The lowest BCUT2D eigenvalue weighted by Crippen LogP contribution is -2.29. The van der Waals surface area contributed by atoms with Crippen molar-refractivity contribution in [2.24, 2.45) is 0 Å². The molecule has 16 heavy (non-hydrogen) atoms. The van der Waals surface area contributed by atoms with Crippen LogP contribution < -0.4 is 5.32 Å². The molecule has 0 aliphatic heterocycles. The zero-order chi connectivity index (χ0) is 11.9. The van der Waals surface area contributed by atoms with E-state index < -0.39 is 8.32 Å². The maximum absolute atomic E-state index is 5.51. The average molecular weight is 237 g/mol. The zero-order valence-corrected chi connectivity index (χ0v) is 11.6. The van der Waals surface area contributed by atoms with Gasteiger partial charge in [0.1, 0.15) is 0 Å². The first-order valence-corrected chi connectivity index (χ1v) is 9.05. The maximum Gasteiger partial charge on any atom is 0.186 e. The first kappa shape index (κ1) is 13.4. The first-order valence-electron chi connectivity index (χ1n) is 5.94. The van der Waals surface area contributed by atoms with Crippen molar-refractivity contribution < 1.29 is 4.43 Å². The Kier molecular flexibility index (Phi) is 5.73. The fraction of sp³-hybridized carbons (Fsp3) is 0.538. The van der Waals surface area contributed by atoms with Crippen LogP contribution in [0.3, 0.4) is 0 Å². The lowest BCUT2D eigenvalue weighted by molar-refractivity contribution is 0.401. The van der Waals surface area contributed by atoms with Gasteiger partial charge in [-0.1, -0.05) is 30.3 Å². The highest BCUT2D eigenvalue weighted by molar-refractivity contribution is 6.71. The average Bonchev–Trinajstić information content (AvgIpc) is 2.30. The topological polar surface area (TPSA) is 21.3 Å². The van der Waals surface area contributed by atoms with E-state index in [0.717, 1.165) is 13.1 Å². The smallest absolute Gasteiger partial charge is 0.186 e. The molecule has 2 nitrogen and oxygen atoms in total. The predicted octanol–water partition coefficient (Wildman–Crippen LogP) is 3.02. The van der Waals surface area contributed by atoms with Gasteiger partial charge < -0.3 is 9.74 Å². The van der Waals surface area contributed by atoms with Gasteiger partial charge >= 0.3 is 0 Å². The van der Waals surface area contributed by atoms with Crippen LogP contribution in [-0.4, -0.2) is 22.0 Å². The van der Waals surface area contributed by atoms with Crippen LogP contribution in [0.25, 0.3) is 0 Å². The minimum atomic E-state index is -1.35. The molecule has 3 heteroatoms. The lowest BCUT2D eigenvalue weighted by Gasteiger charge is -2.19. The van der Waals surface area contributed by atoms with Gasteiger partial charge in [-0.2, -0.15) is 0 Å². The van der Waals surface area contributed by atoms with E-state index in [9.17, 15) is 0 Å². The monoisotopic (exact) mass is 237 g/mol. The van der Waals surface area contributed by atoms with Crippen molar-refractivity contribution in [2.75, 3.05) is 13.7 Å². The summed E-state index contributed by atoms with van der Waals surface area (Å²) in [5.74, 6) is 0. The Morgan fingerprint density at radius 2 is 1.88 bits per heavy atom. The van der Waals surface area contributed by atoms with Crippen LogP contribution in [0.4, 0.5) is 0 Å². The summed E-state index contributed by atoms with van der Waals surface area (Å²) in [5, 5.41) is 3.47. The van der Waals surface area contributed by atoms with Gasteiger partial charge in [-0.05, 0) is 37.7 Å². The van der Waals surface area contributed by atoms with E-state index in [1.165, 1.54) is 18.0 Å². The first-order chi connectivity index (χ1) is 7.64. The Labute approximate surface area is 100 Å². The van der Waals surface area contributed by atoms with Crippen LogP contribution >= 0.6 is 0 Å². The summed E-state index contributed by atoms with van der Waals surface area (Å²) in [6, 6.07) is 11.7. The summed E-state index contributed by atoms with van der Waals surface area (Å²) in [4.78, 5) is 0. The largest absolute Gasteiger partial charge is 0.420 e. The summed E-state index contributed by atoms with van der Waals surface area (Å²) in [5.41, 5.74) is 1.35. The highest BCUT2D eigenvalue weighted by atomic mass is 28.4. The normalized spacial score (nSPS) is 11.7. The third-order valence-electron chi connectivity index (χ3n) is 2.86. The molecule has 1 aromatic rings. The molecule has 0 aliphatic rings. The van der Waals surface area contributed by atoms with Gasteiger partial charge in [0, 0.05) is 13.7 Å². The Morgan fingerprint density at radius 3 is 2.50 bits per heavy atom. The van der Waals surface area contributed by atoms with Crippen LogP contribution in [0.5, 0.6) is 0 Å². The molecule has 0 fully saturated rings. The van der Waals surface area contributed by atoms with Crippen molar-refractivity contribution in [2.45, 2.75) is 32.1 Å². The van der Waals surface area contributed by atoms with Crippen LogP contribution in [0.15, 0.2) is 30.3 Å². The molecule has 0 saturated carbocycles. The van der Waals surface area contributed by atoms with E-state index in [0.29, 0.717) is 0 Å². The number of hydrogen-bond donors (Lipinski definition) is 1. The van der Waals surface area contributed by atoms with Gasteiger partial charge in [0.15, 0.2) is 8.32 Å². The molecular weight excluding hydrogens is 214 g/mol. The predicted molar refractivity (Wildman–Crippen MR) is 72.1 cm³/mol. The summed E-state index contributed by atoms with van der Waals surface area (Å²) in [7, 11) is 0.490. The minimum Gasteiger partial charge on any atom is -0.420 e. The Balaban J connectivity index is 2.09. The molecule has 0 aromatic heterocycles. The standard InChI is InChI=1S/C13H23NOSi/c1-15-16(2,3)11-7-10-14-12-13-8-5-4-6-9-13/h4-6,8-9,14H,7,10-12H2,1-3H3. The van der Waals surface area contributed by atoms with E-state index in [1.807, 2.05) is 7.11 Å². The van der Waals surface area contributed by atoms with E-state index in [1.54, 1.807) is 0 Å². The third-order valence-corrected chi connectivity index (χ3v) is 5.52. The van der Waals surface area contributed by atoms with Crippen molar-refractivity contribution in [3.8, 4) is 0 Å². The van der Waals surface area contributed by atoms with Gasteiger partial charge in [0.05, 0.1) is 0 Å². The second kappa shape index (κ2) is 6.84. The van der Waals surface area contributed by atoms with Crippen LogP contribution in [0.1, 0.15) is 12.0 Å². The van der Waals surface area contributed by atoms with Crippen molar-refractivity contribution in [3.63, 3.8) is 0 Å². The van der Waals surface area contributed by atoms with Crippen LogP contribution in [0.2, 0.25) is 19.1 Å². The minimum absolute atomic E-state index is 0.968. The summed E-state index contributed by atoms with van der Waals surface area (Å²) >= 11 is 0. The van der Waals surface area contributed by atoms with E-state index in [2.05, 4.69) is 48.7 Å². The van der Waals surface area contributed by atoms with Crippen molar-refractivity contribution in [1.82, 2.24) is 5.32 Å². The SMILES string of the molecule is CO[Si](C)(C)CCCNCc1ccccc1. The summed E-state index contributed by atoms with van der Waals surface area (Å²) < 4.78 is 5.51. The molecule has 90 valence electrons. The van der Waals surface area contributed by atoms with Crippen molar-refractivity contribution in [1.29, 1.82) is 0 Å². The Morgan fingerprint density at radius 1 is 1.19 bits per heavy atom. The van der Waals surface area contributed by atoms with Crippen LogP contribution in [-0.2, 0) is 11.0 Å².